The van der Waals surface area contributed by atoms with Crippen LogP contribution in [0.2, 0.25) is 0 Å². The summed E-state index contributed by atoms with van der Waals surface area (Å²) in [5.41, 5.74) is 6.61. The van der Waals surface area contributed by atoms with Gasteiger partial charge in [-0.25, -0.2) is 0 Å². The molecular weight excluding hydrogens is 240 g/mol. The number of benzene rings is 1. The van der Waals surface area contributed by atoms with Gasteiger partial charge in [-0.2, -0.15) is 0 Å². The number of carbonyl (C=O) groups excluding carboxylic acids is 1. The molecule has 1 amide bonds. The molecule has 0 heterocycles. The molecule has 19 heavy (non-hydrogen) atoms. The van der Waals surface area contributed by atoms with Crippen molar-refractivity contribution in [1.29, 1.82) is 0 Å². The van der Waals surface area contributed by atoms with Gasteiger partial charge < -0.3 is 15.8 Å². The summed E-state index contributed by atoms with van der Waals surface area (Å²) in [4.78, 5) is 11.9. The van der Waals surface area contributed by atoms with Gasteiger partial charge in [-0.15, -0.1) is 0 Å². The van der Waals surface area contributed by atoms with Crippen molar-refractivity contribution in [2.24, 2.45) is 5.73 Å². The number of hydrogen-bond acceptors (Lipinski definition) is 3. The van der Waals surface area contributed by atoms with Crippen molar-refractivity contribution < 1.29 is 9.53 Å². The molecule has 0 bridgehead atoms. The van der Waals surface area contributed by atoms with Gasteiger partial charge in [0.25, 0.3) is 5.91 Å². The summed E-state index contributed by atoms with van der Waals surface area (Å²) < 4.78 is 5.47. The zero-order chi connectivity index (χ0) is 13.7. The number of nitrogens with two attached hydrogens (primary N) is 1. The zero-order valence-corrected chi connectivity index (χ0v) is 11.4. The Morgan fingerprint density at radius 1 is 1.37 bits per heavy atom. The van der Waals surface area contributed by atoms with E-state index >= 15 is 0 Å². The predicted octanol–water partition coefficient (Wildman–Crippen LogP) is 1.97. The maximum atomic E-state index is 11.9. The molecule has 0 radical (unpaired) electrons. The van der Waals surface area contributed by atoms with Crippen molar-refractivity contribution in [1.82, 2.24) is 5.32 Å². The Kier molecular flexibility index (Phi) is 4.43. The molecular formula is C15H22N2O2. The van der Waals surface area contributed by atoms with E-state index in [1.54, 1.807) is 0 Å². The highest BCUT2D eigenvalue weighted by molar-refractivity contribution is 5.78. The van der Waals surface area contributed by atoms with E-state index in [1.165, 1.54) is 6.42 Å². The molecule has 1 aliphatic carbocycles. The summed E-state index contributed by atoms with van der Waals surface area (Å²) in [7, 11) is 0. The first-order valence-corrected chi connectivity index (χ1v) is 6.90. The van der Waals surface area contributed by atoms with Gasteiger partial charge in [0, 0.05) is 12.1 Å². The van der Waals surface area contributed by atoms with Gasteiger partial charge in [0.2, 0.25) is 0 Å². The van der Waals surface area contributed by atoms with Crippen LogP contribution in [-0.4, -0.2) is 18.1 Å². The lowest BCUT2D eigenvalue weighted by Crippen LogP contribution is -2.54. The van der Waals surface area contributed by atoms with Crippen molar-refractivity contribution in [3.05, 3.63) is 29.8 Å². The molecule has 1 aromatic rings. The Labute approximate surface area is 114 Å². The van der Waals surface area contributed by atoms with Crippen molar-refractivity contribution in [2.75, 3.05) is 6.61 Å². The fourth-order valence-corrected chi connectivity index (χ4v) is 2.37. The standard InChI is InChI=1S/C15H22N2O2/c1-2-15(8-3-9-15)17-14(18)11-19-13-6-4-12(10-16)5-7-13/h4-7H,2-3,8-11,16H2,1H3,(H,17,18). The Hall–Kier alpha value is -1.55. The van der Waals surface area contributed by atoms with Crippen LogP contribution in [0.15, 0.2) is 24.3 Å². The van der Waals surface area contributed by atoms with E-state index in [2.05, 4.69) is 12.2 Å². The smallest absolute Gasteiger partial charge is 0.258 e. The molecule has 0 aliphatic heterocycles. The molecule has 0 spiro atoms. The SMILES string of the molecule is CCC1(NC(=O)COc2ccc(CN)cc2)CCC1. The Morgan fingerprint density at radius 3 is 2.53 bits per heavy atom. The van der Waals surface area contributed by atoms with Crippen molar-refractivity contribution >= 4 is 5.91 Å². The third kappa shape index (κ3) is 3.47. The van der Waals surface area contributed by atoms with Crippen LogP contribution in [0.5, 0.6) is 5.75 Å². The second-order valence-electron chi connectivity index (χ2n) is 5.17. The number of hydrogen-bond donors (Lipinski definition) is 2. The predicted molar refractivity (Wildman–Crippen MR) is 74.8 cm³/mol. The summed E-state index contributed by atoms with van der Waals surface area (Å²) in [6.45, 7) is 2.70. The van der Waals surface area contributed by atoms with Crippen LogP contribution >= 0.6 is 0 Å². The van der Waals surface area contributed by atoms with Crippen LogP contribution in [0.4, 0.5) is 0 Å². The fraction of sp³-hybridized carbons (Fsp3) is 0.533. The first-order chi connectivity index (χ1) is 9.17. The second kappa shape index (κ2) is 6.06. The van der Waals surface area contributed by atoms with Crippen LogP contribution in [0.25, 0.3) is 0 Å². The van der Waals surface area contributed by atoms with Gasteiger partial charge in [-0.1, -0.05) is 19.1 Å². The van der Waals surface area contributed by atoms with E-state index in [9.17, 15) is 4.79 Å². The Bertz CT molecular complexity index is 419. The molecule has 4 nitrogen and oxygen atoms in total. The van der Waals surface area contributed by atoms with Crippen LogP contribution in [0.3, 0.4) is 0 Å². The zero-order valence-electron chi connectivity index (χ0n) is 11.4. The van der Waals surface area contributed by atoms with E-state index < -0.39 is 0 Å². The molecule has 4 heteroatoms. The largest absolute Gasteiger partial charge is 0.484 e. The second-order valence-corrected chi connectivity index (χ2v) is 5.17. The maximum absolute atomic E-state index is 11.9. The molecule has 104 valence electrons. The highest BCUT2D eigenvalue weighted by Gasteiger charge is 2.36. The molecule has 1 aromatic carbocycles. The molecule has 1 saturated carbocycles. The lowest BCUT2D eigenvalue weighted by molar-refractivity contribution is -0.126. The Balaban J connectivity index is 1.79. The summed E-state index contributed by atoms with van der Waals surface area (Å²) in [6, 6.07) is 7.50. The number of rotatable bonds is 6. The minimum atomic E-state index is -0.0375. The monoisotopic (exact) mass is 262 g/mol. The van der Waals surface area contributed by atoms with Crippen molar-refractivity contribution in [3.8, 4) is 5.75 Å². The first-order valence-electron chi connectivity index (χ1n) is 6.90. The third-order valence-electron chi connectivity index (χ3n) is 3.92. The van der Waals surface area contributed by atoms with E-state index in [1.807, 2.05) is 24.3 Å². The quantitative estimate of drug-likeness (QED) is 0.824. The highest BCUT2D eigenvalue weighted by Crippen LogP contribution is 2.34. The van der Waals surface area contributed by atoms with E-state index in [0.29, 0.717) is 12.3 Å². The van der Waals surface area contributed by atoms with E-state index in [-0.39, 0.29) is 18.1 Å². The van der Waals surface area contributed by atoms with Gasteiger partial charge in [0.1, 0.15) is 5.75 Å². The highest BCUT2D eigenvalue weighted by atomic mass is 16.5. The molecule has 0 aromatic heterocycles. The normalized spacial score (nSPS) is 16.5. The topological polar surface area (TPSA) is 64.3 Å². The Morgan fingerprint density at radius 2 is 2.05 bits per heavy atom. The summed E-state index contributed by atoms with van der Waals surface area (Å²) >= 11 is 0. The molecule has 0 unspecified atom stereocenters. The van der Waals surface area contributed by atoms with Gasteiger partial charge in [0.15, 0.2) is 6.61 Å². The number of ether oxygens (including phenoxy) is 1. The van der Waals surface area contributed by atoms with E-state index in [4.69, 9.17) is 10.5 Å². The van der Waals surface area contributed by atoms with Crippen LogP contribution in [-0.2, 0) is 11.3 Å². The first kappa shape index (κ1) is 13.9. The maximum Gasteiger partial charge on any atom is 0.258 e. The lowest BCUT2D eigenvalue weighted by Gasteiger charge is -2.41. The number of carbonyl (C=O) groups is 1. The van der Waals surface area contributed by atoms with Crippen molar-refractivity contribution in [2.45, 2.75) is 44.7 Å². The summed E-state index contributed by atoms with van der Waals surface area (Å²) in [6.07, 6.45) is 4.36. The minimum absolute atomic E-state index is 0.0316. The molecule has 0 saturated heterocycles. The number of amides is 1. The average molecular weight is 262 g/mol. The molecule has 0 atom stereocenters. The van der Waals surface area contributed by atoms with Crippen LogP contribution in [0.1, 0.15) is 38.2 Å². The number of nitrogens with one attached hydrogen (secondary N) is 1. The van der Waals surface area contributed by atoms with Crippen molar-refractivity contribution in [3.63, 3.8) is 0 Å². The minimum Gasteiger partial charge on any atom is -0.484 e. The summed E-state index contributed by atoms with van der Waals surface area (Å²) in [5.74, 6) is 0.663. The van der Waals surface area contributed by atoms with E-state index in [0.717, 1.165) is 24.8 Å². The third-order valence-corrected chi connectivity index (χ3v) is 3.92. The van der Waals surface area contributed by atoms with Crippen LogP contribution in [0, 0.1) is 0 Å². The average Bonchev–Trinajstić information content (AvgIpc) is 2.41. The van der Waals surface area contributed by atoms with Gasteiger partial charge in [-0.05, 0) is 43.4 Å². The molecule has 1 fully saturated rings. The molecule has 2 rings (SSSR count). The lowest BCUT2D eigenvalue weighted by atomic mass is 9.75. The van der Waals surface area contributed by atoms with Gasteiger partial charge in [-0.3, -0.25) is 4.79 Å². The van der Waals surface area contributed by atoms with Gasteiger partial charge >= 0.3 is 0 Å². The fourth-order valence-electron chi connectivity index (χ4n) is 2.37. The van der Waals surface area contributed by atoms with Gasteiger partial charge in [0.05, 0.1) is 0 Å². The molecule has 1 aliphatic rings. The van der Waals surface area contributed by atoms with Crippen LogP contribution < -0.4 is 15.8 Å². The molecule has 3 N–H and O–H groups in total. The summed E-state index contributed by atoms with van der Waals surface area (Å²) in [5, 5.41) is 3.09.